The Morgan fingerprint density at radius 3 is 2.65 bits per heavy atom. The molecule has 0 aliphatic carbocycles. The van der Waals surface area contributed by atoms with E-state index in [1.807, 2.05) is 47.9 Å². The molecule has 4 rings (SSSR count). The smallest absolute Gasteiger partial charge is 0.319 e. The molecule has 0 unspecified atom stereocenters. The average molecular weight is 462 g/mol. The summed E-state index contributed by atoms with van der Waals surface area (Å²) in [6, 6.07) is 14.8. The molecule has 2 aromatic carbocycles. The molecule has 0 radical (unpaired) electrons. The molecule has 0 saturated carbocycles. The fourth-order valence-corrected chi connectivity index (χ4v) is 4.12. The van der Waals surface area contributed by atoms with Gasteiger partial charge in [-0.25, -0.2) is 4.98 Å². The lowest BCUT2D eigenvalue weighted by molar-refractivity contribution is 0.0678. The van der Waals surface area contributed by atoms with E-state index >= 15 is 0 Å². The van der Waals surface area contributed by atoms with Crippen molar-refractivity contribution in [1.82, 2.24) is 24.3 Å². The Balaban J connectivity index is 1.72. The Labute approximate surface area is 186 Å². The highest BCUT2D eigenvalue weighted by Crippen LogP contribution is 2.31. The maximum atomic E-state index is 13.2. The van der Waals surface area contributed by atoms with Crippen LogP contribution in [0, 0.1) is 0 Å². The third-order valence-corrected chi connectivity index (χ3v) is 5.57. The Morgan fingerprint density at radius 2 is 1.94 bits per heavy atom. The summed E-state index contributed by atoms with van der Waals surface area (Å²) in [5.41, 5.74) is 1.60. The first-order valence-electron chi connectivity index (χ1n) is 9.44. The van der Waals surface area contributed by atoms with E-state index in [0.717, 1.165) is 21.6 Å². The zero-order valence-electron chi connectivity index (χ0n) is 16.5. The van der Waals surface area contributed by atoms with Gasteiger partial charge < -0.3 is 4.74 Å². The van der Waals surface area contributed by atoms with Crippen LogP contribution in [0.25, 0.3) is 17.1 Å². The molecule has 0 saturated heterocycles. The summed E-state index contributed by atoms with van der Waals surface area (Å²) in [5.74, 6) is 1.80. The molecule has 0 N–H and O–H groups in total. The third-order valence-electron chi connectivity index (χ3n) is 4.41. The number of aromatic nitrogens is 5. The standard InChI is InChI=1S/C21H18ClF2N5OS/c1-2-30-17-8-6-16(7-9-17)29-19(14-4-3-5-15(22)12-14)26-27-21(29)31-13-18-25-10-11-28(18)20(23)24/h3-12,20H,2,13H2,1H3. The molecular weight excluding hydrogens is 444 g/mol. The Morgan fingerprint density at radius 1 is 1.13 bits per heavy atom. The number of benzene rings is 2. The molecule has 31 heavy (non-hydrogen) atoms. The minimum Gasteiger partial charge on any atom is -0.494 e. The maximum Gasteiger partial charge on any atom is 0.319 e. The number of hydrogen-bond acceptors (Lipinski definition) is 5. The van der Waals surface area contributed by atoms with Crippen molar-refractivity contribution in [2.45, 2.75) is 24.4 Å². The molecule has 0 spiro atoms. The number of hydrogen-bond donors (Lipinski definition) is 0. The number of imidazole rings is 1. The van der Waals surface area contributed by atoms with Crippen molar-refractivity contribution >= 4 is 23.4 Å². The van der Waals surface area contributed by atoms with Crippen molar-refractivity contribution in [3.63, 3.8) is 0 Å². The average Bonchev–Trinajstić information content (AvgIpc) is 3.40. The predicted molar refractivity (Wildman–Crippen MR) is 116 cm³/mol. The van der Waals surface area contributed by atoms with Gasteiger partial charge in [0.15, 0.2) is 11.0 Å². The van der Waals surface area contributed by atoms with Crippen LogP contribution in [0.1, 0.15) is 19.3 Å². The minimum atomic E-state index is -2.65. The monoisotopic (exact) mass is 461 g/mol. The van der Waals surface area contributed by atoms with Crippen LogP contribution in [-0.4, -0.2) is 30.9 Å². The topological polar surface area (TPSA) is 57.8 Å². The van der Waals surface area contributed by atoms with Gasteiger partial charge in [0.1, 0.15) is 11.6 Å². The van der Waals surface area contributed by atoms with Crippen molar-refractivity contribution < 1.29 is 13.5 Å². The minimum absolute atomic E-state index is 0.210. The highest BCUT2D eigenvalue weighted by Gasteiger charge is 2.19. The van der Waals surface area contributed by atoms with Crippen LogP contribution in [-0.2, 0) is 5.75 Å². The van der Waals surface area contributed by atoms with Gasteiger partial charge in [-0.3, -0.25) is 9.13 Å². The molecule has 0 fully saturated rings. The van der Waals surface area contributed by atoms with E-state index in [-0.39, 0.29) is 11.6 Å². The molecule has 160 valence electrons. The number of thioether (sulfide) groups is 1. The van der Waals surface area contributed by atoms with Crippen molar-refractivity contribution in [2.75, 3.05) is 6.61 Å². The molecule has 10 heteroatoms. The summed E-state index contributed by atoms with van der Waals surface area (Å²) in [5, 5.41) is 9.78. The summed E-state index contributed by atoms with van der Waals surface area (Å²) in [4.78, 5) is 4.03. The molecule has 6 nitrogen and oxygen atoms in total. The van der Waals surface area contributed by atoms with Crippen LogP contribution in [0.2, 0.25) is 5.02 Å². The van der Waals surface area contributed by atoms with Crippen LogP contribution in [0.3, 0.4) is 0 Å². The Kier molecular flexibility index (Phi) is 6.53. The molecule has 0 amide bonds. The van der Waals surface area contributed by atoms with Gasteiger partial charge >= 0.3 is 6.55 Å². The normalized spacial score (nSPS) is 11.3. The number of rotatable bonds is 8. The SMILES string of the molecule is CCOc1ccc(-n2c(SCc3nccn3C(F)F)nnc2-c2cccc(Cl)c2)cc1. The summed E-state index contributed by atoms with van der Waals surface area (Å²) in [6.45, 7) is -0.162. The second-order valence-corrected chi connectivity index (χ2v) is 7.77. The van der Waals surface area contributed by atoms with E-state index < -0.39 is 6.55 Å². The van der Waals surface area contributed by atoms with Gasteiger partial charge in [-0.1, -0.05) is 35.5 Å². The highest BCUT2D eigenvalue weighted by molar-refractivity contribution is 7.98. The molecule has 2 aromatic heterocycles. The molecule has 0 atom stereocenters. The second kappa shape index (κ2) is 9.49. The van der Waals surface area contributed by atoms with Crippen molar-refractivity contribution in [2.24, 2.45) is 0 Å². The van der Waals surface area contributed by atoms with Crippen molar-refractivity contribution in [1.29, 1.82) is 0 Å². The predicted octanol–water partition coefficient (Wildman–Crippen LogP) is 5.87. The Hall–Kier alpha value is -2.91. The lowest BCUT2D eigenvalue weighted by atomic mass is 10.2. The number of halogens is 3. The first-order chi connectivity index (χ1) is 15.1. The van der Waals surface area contributed by atoms with Crippen LogP contribution >= 0.6 is 23.4 Å². The lowest BCUT2D eigenvalue weighted by Gasteiger charge is -2.12. The van der Waals surface area contributed by atoms with Crippen molar-refractivity contribution in [3.8, 4) is 22.8 Å². The highest BCUT2D eigenvalue weighted by atomic mass is 35.5. The molecule has 0 aliphatic heterocycles. The maximum absolute atomic E-state index is 13.2. The van der Waals surface area contributed by atoms with Crippen LogP contribution in [0.5, 0.6) is 5.75 Å². The summed E-state index contributed by atoms with van der Waals surface area (Å²) in [7, 11) is 0. The largest absolute Gasteiger partial charge is 0.494 e. The zero-order chi connectivity index (χ0) is 21.8. The quantitative estimate of drug-likeness (QED) is 0.307. The molecular formula is C21H18ClF2N5OS. The summed E-state index contributed by atoms with van der Waals surface area (Å²) in [6.07, 6.45) is 2.62. The van der Waals surface area contributed by atoms with E-state index in [0.29, 0.717) is 22.6 Å². The number of nitrogens with zero attached hydrogens (tertiary/aromatic N) is 5. The zero-order valence-corrected chi connectivity index (χ0v) is 18.0. The number of ether oxygens (including phenoxy) is 1. The van der Waals surface area contributed by atoms with Gasteiger partial charge in [-0.15, -0.1) is 10.2 Å². The van der Waals surface area contributed by atoms with E-state index in [9.17, 15) is 8.78 Å². The van der Waals surface area contributed by atoms with E-state index in [2.05, 4.69) is 15.2 Å². The molecule has 0 bridgehead atoms. The summed E-state index contributed by atoms with van der Waals surface area (Å²) < 4.78 is 34.5. The van der Waals surface area contributed by atoms with Gasteiger partial charge in [-0.05, 0) is 43.3 Å². The molecule has 4 aromatic rings. The van der Waals surface area contributed by atoms with Gasteiger partial charge in [0, 0.05) is 28.7 Å². The van der Waals surface area contributed by atoms with Gasteiger partial charge in [0.2, 0.25) is 0 Å². The van der Waals surface area contributed by atoms with Gasteiger partial charge in [0.25, 0.3) is 0 Å². The fourth-order valence-electron chi connectivity index (χ4n) is 3.03. The van der Waals surface area contributed by atoms with Crippen LogP contribution < -0.4 is 4.74 Å². The lowest BCUT2D eigenvalue weighted by Crippen LogP contribution is -2.04. The van der Waals surface area contributed by atoms with E-state index in [1.165, 1.54) is 24.2 Å². The summed E-state index contributed by atoms with van der Waals surface area (Å²) >= 11 is 7.44. The molecule has 2 heterocycles. The third kappa shape index (κ3) is 4.72. The van der Waals surface area contributed by atoms with Gasteiger partial charge in [-0.2, -0.15) is 8.78 Å². The van der Waals surface area contributed by atoms with E-state index in [1.54, 1.807) is 12.1 Å². The first kappa shape index (κ1) is 21.3. The van der Waals surface area contributed by atoms with Crippen molar-refractivity contribution in [3.05, 3.63) is 71.8 Å². The van der Waals surface area contributed by atoms with Crippen LogP contribution in [0.15, 0.2) is 66.1 Å². The number of alkyl halides is 2. The van der Waals surface area contributed by atoms with Gasteiger partial charge in [0.05, 0.1) is 12.4 Å². The Bertz CT molecular complexity index is 1160. The second-order valence-electron chi connectivity index (χ2n) is 6.40. The first-order valence-corrected chi connectivity index (χ1v) is 10.8. The van der Waals surface area contributed by atoms with E-state index in [4.69, 9.17) is 16.3 Å². The van der Waals surface area contributed by atoms with Crippen LogP contribution in [0.4, 0.5) is 8.78 Å². The molecule has 0 aliphatic rings. The fraction of sp³-hybridized carbons (Fsp3) is 0.190.